The molecule has 0 amide bonds. The van der Waals surface area contributed by atoms with Crippen LogP contribution in [0.4, 0.5) is 0 Å². The first-order chi connectivity index (χ1) is 9.13. The van der Waals surface area contributed by atoms with Gasteiger partial charge < -0.3 is 5.32 Å². The van der Waals surface area contributed by atoms with Crippen LogP contribution in [0.2, 0.25) is 5.02 Å². The van der Waals surface area contributed by atoms with Gasteiger partial charge >= 0.3 is 0 Å². The predicted octanol–water partition coefficient (Wildman–Crippen LogP) is 4.71. The van der Waals surface area contributed by atoms with E-state index in [1.54, 1.807) is 11.3 Å². The van der Waals surface area contributed by atoms with Gasteiger partial charge in [0.05, 0.1) is 6.04 Å². The molecular formula is C14H14BrClN2S. The summed E-state index contributed by atoms with van der Waals surface area (Å²) < 4.78 is 1.00. The summed E-state index contributed by atoms with van der Waals surface area (Å²) in [5.41, 5.74) is 2.17. The summed E-state index contributed by atoms with van der Waals surface area (Å²) in [6.45, 7) is 2.03. The van der Waals surface area contributed by atoms with E-state index < -0.39 is 0 Å². The lowest BCUT2D eigenvalue weighted by atomic mass is 10.1. The maximum atomic E-state index is 6.39. The van der Waals surface area contributed by atoms with Crippen molar-refractivity contribution in [3.05, 3.63) is 49.3 Å². The van der Waals surface area contributed by atoms with Crippen LogP contribution < -0.4 is 5.32 Å². The summed E-state index contributed by atoms with van der Waals surface area (Å²) in [5.74, 6) is 0. The quantitative estimate of drug-likeness (QED) is 0.857. The number of nitrogens with one attached hydrogen (secondary N) is 1. The summed E-state index contributed by atoms with van der Waals surface area (Å²) in [6.07, 6.45) is 2.49. The molecule has 0 bridgehead atoms. The Hall–Kier alpha value is -0.420. The van der Waals surface area contributed by atoms with Crippen molar-refractivity contribution in [3.63, 3.8) is 0 Å². The monoisotopic (exact) mass is 356 g/mol. The van der Waals surface area contributed by atoms with Gasteiger partial charge in [-0.2, -0.15) is 0 Å². The Morgan fingerprint density at radius 1 is 1.47 bits per heavy atom. The molecule has 3 rings (SSSR count). The molecule has 1 saturated carbocycles. The fourth-order valence-corrected chi connectivity index (χ4v) is 3.67. The normalized spacial score (nSPS) is 16.6. The number of benzene rings is 1. The molecule has 0 spiro atoms. The first kappa shape index (κ1) is 13.6. The Morgan fingerprint density at radius 2 is 2.26 bits per heavy atom. The molecule has 1 unspecified atom stereocenters. The highest BCUT2D eigenvalue weighted by Crippen LogP contribution is 2.34. The van der Waals surface area contributed by atoms with Gasteiger partial charge in [-0.3, -0.25) is 0 Å². The molecule has 2 nitrogen and oxygen atoms in total. The van der Waals surface area contributed by atoms with Gasteiger partial charge in [0.1, 0.15) is 5.01 Å². The number of halogens is 2. The second-order valence-electron chi connectivity index (χ2n) is 4.87. The molecule has 1 aromatic heterocycles. The maximum absolute atomic E-state index is 6.39. The largest absolute Gasteiger partial charge is 0.301 e. The molecule has 1 atom stereocenters. The summed E-state index contributed by atoms with van der Waals surface area (Å²) >= 11 is 11.5. The van der Waals surface area contributed by atoms with E-state index in [-0.39, 0.29) is 6.04 Å². The SMILES string of the molecule is Cc1csc(C(NC2CC2)c2ccc(Br)cc2Cl)n1. The number of thiazole rings is 1. The van der Waals surface area contributed by atoms with Crippen LogP contribution in [0.15, 0.2) is 28.1 Å². The van der Waals surface area contributed by atoms with E-state index in [0.717, 1.165) is 25.8 Å². The molecule has 2 aromatic rings. The van der Waals surface area contributed by atoms with Crippen molar-refractivity contribution in [1.29, 1.82) is 0 Å². The van der Waals surface area contributed by atoms with Gasteiger partial charge in [-0.1, -0.05) is 33.6 Å². The van der Waals surface area contributed by atoms with E-state index in [2.05, 4.69) is 37.7 Å². The van der Waals surface area contributed by atoms with Gasteiger partial charge in [0.25, 0.3) is 0 Å². The lowest BCUT2D eigenvalue weighted by Gasteiger charge is -2.18. The molecule has 1 fully saturated rings. The molecule has 100 valence electrons. The minimum Gasteiger partial charge on any atom is -0.301 e. The second kappa shape index (κ2) is 5.52. The maximum Gasteiger partial charge on any atom is 0.114 e. The Kier molecular flexibility index (Phi) is 3.94. The molecule has 1 aromatic carbocycles. The zero-order chi connectivity index (χ0) is 13.4. The number of nitrogens with zero attached hydrogens (tertiary/aromatic N) is 1. The molecule has 1 N–H and O–H groups in total. The number of hydrogen-bond acceptors (Lipinski definition) is 3. The highest BCUT2D eigenvalue weighted by atomic mass is 79.9. The molecule has 0 aliphatic heterocycles. The Balaban J connectivity index is 1.97. The lowest BCUT2D eigenvalue weighted by Crippen LogP contribution is -2.24. The van der Waals surface area contributed by atoms with Crippen LogP contribution in [-0.4, -0.2) is 11.0 Å². The molecule has 1 aliphatic carbocycles. The Bertz CT molecular complexity index is 595. The minimum atomic E-state index is 0.104. The van der Waals surface area contributed by atoms with Crippen LogP contribution >= 0.6 is 38.9 Å². The average Bonchev–Trinajstić information content (AvgIpc) is 3.08. The summed E-state index contributed by atoms with van der Waals surface area (Å²) in [5, 5.41) is 7.60. The fraction of sp³-hybridized carbons (Fsp3) is 0.357. The van der Waals surface area contributed by atoms with Gasteiger partial charge in [0.2, 0.25) is 0 Å². The van der Waals surface area contributed by atoms with Gasteiger partial charge in [-0.25, -0.2) is 4.98 Å². The van der Waals surface area contributed by atoms with Crippen LogP contribution in [0.3, 0.4) is 0 Å². The first-order valence-corrected chi connectivity index (χ1v) is 8.31. The van der Waals surface area contributed by atoms with E-state index in [1.165, 1.54) is 12.8 Å². The van der Waals surface area contributed by atoms with Gasteiger partial charge in [-0.15, -0.1) is 11.3 Å². The zero-order valence-electron chi connectivity index (χ0n) is 10.5. The van der Waals surface area contributed by atoms with Crippen LogP contribution in [0.25, 0.3) is 0 Å². The third kappa shape index (κ3) is 3.19. The van der Waals surface area contributed by atoms with Crippen molar-refractivity contribution < 1.29 is 0 Å². The average molecular weight is 358 g/mol. The van der Waals surface area contributed by atoms with Crippen molar-refractivity contribution in [2.75, 3.05) is 0 Å². The molecular weight excluding hydrogens is 344 g/mol. The summed E-state index contributed by atoms with van der Waals surface area (Å²) in [6, 6.07) is 6.76. The van der Waals surface area contributed by atoms with Gasteiger partial charge in [0, 0.05) is 26.6 Å². The highest BCUT2D eigenvalue weighted by Gasteiger charge is 2.28. The van der Waals surface area contributed by atoms with Crippen molar-refractivity contribution in [3.8, 4) is 0 Å². The highest BCUT2D eigenvalue weighted by molar-refractivity contribution is 9.10. The third-order valence-electron chi connectivity index (χ3n) is 3.14. The van der Waals surface area contributed by atoms with Crippen LogP contribution in [0.1, 0.15) is 35.1 Å². The van der Waals surface area contributed by atoms with Crippen molar-refractivity contribution in [2.45, 2.75) is 31.8 Å². The first-order valence-electron chi connectivity index (χ1n) is 6.26. The number of aryl methyl sites for hydroxylation is 1. The number of hydrogen-bond donors (Lipinski definition) is 1. The standard InChI is InChI=1S/C14H14BrClN2S/c1-8-7-19-14(17-8)13(18-10-3-4-10)11-5-2-9(15)6-12(11)16/h2,5-7,10,13,18H,3-4H2,1H3. The van der Waals surface area contributed by atoms with E-state index >= 15 is 0 Å². The Morgan fingerprint density at radius 3 is 2.84 bits per heavy atom. The number of aromatic nitrogens is 1. The van der Waals surface area contributed by atoms with E-state index in [1.807, 2.05) is 19.1 Å². The van der Waals surface area contributed by atoms with Crippen LogP contribution in [0, 0.1) is 6.92 Å². The van der Waals surface area contributed by atoms with E-state index in [0.29, 0.717) is 6.04 Å². The molecule has 1 aliphatic rings. The van der Waals surface area contributed by atoms with Crippen LogP contribution in [0.5, 0.6) is 0 Å². The van der Waals surface area contributed by atoms with E-state index in [9.17, 15) is 0 Å². The smallest absolute Gasteiger partial charge is 0.114 e. The Labute approximate surface area is 130 Å². The summed E-state index contributed by atoms with van der Waals surface area (Å²) in [7, 11) is 0. The van der Waals surface area contributed by atoms with Crippen molar-refractivity contribution in [1.82, 2.24) is 10.3 Å². The fourth-order valence-electron chi connectivity index (χ4n) is 2.02. The molecule has 0 radical (unpaired) electrons. The molecule has 19 heavy (non-hydrogen) atoms. The topological polar surface area (TPSA) is 24.9 Å². The predicted molar refractivity (Wildman–Crippen MR) is 84.0 cm³/mol. The second-order valence-corrected chi connectivity index (χ2v) is 7.08. The summed E-state index contributed by atoms with van der Waals surface area (Å²) in [4.78, 5) is 4.62. The zero-order valence-corrected chi connectivity index (χ0v) is 13.6. The van der Waals surface area contributed by atoms with Crippen LogP contribution in [-0.2, 0) is 0 Å². The van der Waals surface area contributed by atoms with Crippen molar-refractivity contribution >= 4 is 38.9 Å². The minimum absolute atomic E-state index is 0.104. The van der Waals surface area contributed by atoms with Gasteiger partial charge in [-0.05, 0) is 37.5 Å². The van der Waals surface area contributed by atoms with Crippen molar-refractivity contribution in [2.24, 2.45) is 0 Å². The third-order valence-corrected chi connectivity index (χ3v) is 4.98. The van der Waals surface area contributed by atoms with Gasteiger partial charge in [0.15, 0.2) is 0 Å². The lowest BCUT2D eigenvalue weighted by molar-refractivity contribution is 0.597. The van der Waals surface area contributed by atoms with E-state index in [4.69, 9.17) is 11.6 Å². The number of rotatable bonds is 4. The molecule has 5 heteroatoms. The molecule has 0 saturated heterocycles. The molecule has 1 heterocycles.